The number of rotatable bonds is 2. The van der Waals surface area contributed by atoms with Crippen LogP contribution in [-0.4, -0.2) is 10.5 Å². The van der Waals surface area contributed by atoms with Crippen molar-refractivity contribution >= 4 is 27.5 Å². The van der Waals surface area contributed by atoms with Crippen molar-refractivity contribution in [3.05, 3.63) is 29.1 Å². The number of carbonyl (C=O) groups is 1. The van der Waals surface area contributed by atoms with Gasteiger partial charge >= 0.3 is 0 Å². The van der Waals surface area contributed by atoms with Gasteiger partial charge in [0.2, 0.25) is 0 Å². The van der Waals surface area contributed by atoms with Gasteiger partial charge in [0.15, 0.2) is 4.80 Å². The number of para-hydroxylation sites is 1. The van der Waals surface area contributed by atoms with Crippen molar-refractivity contribution in [1.82, 2.24) is 4.57 Å². The molecule has 0 aliphatic carbocycles. The van der Waals surface area contributed by atoms with E-state index in [9.17, 15) is 4.79 Å². The van der Waals surface area contributed by atoms with E-state index in [1.165, 1.54) is 4.70 Å². The van der Waals surface area contributed by atoms with Crippen LogP contribution in [0.3, 0.4) is 0 Å². The fraction of sp³-hybridized carbons (Fsp3) is 0.467. The van der Waals surface area contributed by atoms with Crippen LogP contribution in [0.5, 0.6) is 0 Å². The van der Waals surface area contributed by atoms with Crippen molar-refractivity contribution in [2.24, 2.45) is 10.4 Å². The second-order valence-electron chi connectivity index (χ2n) is 5.67. The predicted octanol–water partition coefficient (Wildman–Crippen LogP) is 3.59. The van der Waals surface area contributed by atoms with Crippen LogP contribution in [-0.2, 0) is 11.3 Å². The number of carbonyl (C=O) groups excluding carboxylic acids is 1. The van der Waals surface area contributed by atoms with Gasteiger partial charge < -0.3 is 4.57 Å². The molecule has 102 valence electrons. The third-order valence-corrected chi connectivity index (χ3v) is 3.93. The lowest BCUT2D eigenvalue weighted by molar-refractivity contribution is -0.125. The number of amides is 1. The molecule has 1 aromatic carbocycles. The second-order valence-corrected chi connectivity index (χ2v) is 6.68. The Kier molecular flexibility index (Phi) is 3.90. The van der Waals surface area contributed by atoms with E-state index in [0.717, 1.165) is 23.3 Å². The lowest BCUT2D eigenvalue weighted by Gasteiger charge is -2.11. The van der Waals surface area contributed by atoms with E-state index in [1.54, 1.807) is 11.3 Å². The maximum atomic E-state index is 12.1. The Balaban J connectivity index is 2.62. The molecule has 0 saturated carbocycles. The lowest BCUT2D eigenvalue weighted by Crippen LogP contribution is -2.23. The fourth-order valence-electron chi connectivity index (χ4n) is 1.80. The average molecular weight is 276 g/mol. The summed E-state index contributed by atoms with van der Waals surface area (Å²) in [6.07, 6.45) is 1.03. The van der Waals surface area contributed by atoms with Crippen LogP contribution in [0.4, 0.5) is 0 Å². The third kappa shape index (κ3) is 2.95. The average Bonchev–Trinajstić information content (AvgIpc) is 2.67. The molecular weight excluding hydrogens is 256 g/mol. The molecule has 1 heterocycles. The Hall–Kier alpha value is -1.42. The van der Waals surface area contributed by atoms with Gasteiger partial charge in [-0.15, -0.1) is 0 Å². The van der Waals surface area contributed by atoms with Crippen LogP contribution in [0.15, 0.2) is 29.3 Å². The predicted molar refractivity (Wildman–Crippen MR) is 80.1 cm³/mol. The topological polar surface area (TPSA) is 34.4 Å². The van der Waals surface area contributed by atoms with Crippen LogP contribution in [0.1, 0.15) is 34.1 Å². The van der Waals surface area contributed by atoms with Gasteiger partial charge in [-0.1, -0.05) is 51.2 Å². The summed E-state index contributed by atoms with van der Waals surface area (Å²) < 4.78 is 3.32. The van der Waals surface area contributed by atoms with E-state index >= 15 is 0 Å². The second kappa shape index (κ2) is 5.29. The number of fused-ring (bicyclic) bond motifs is 1. The summed E-state index contributed by atoms with van der Waals surface area (Å²) in [6.45, 7) is 8.72. The number of nitrogens with zero attached hydrogens (tertiary/aromatic N) is 2. The van der Waals surface area contributed by atoms with E-state index in [-0.39, 0.29) is 5.91 Å². The van der Waals surface area contributed by atoms with Crippen molar-refractivity contribution in [3.63, 3.8) is 0 Å². The van der Waals surface area contributed by atoms with Crippen molar-refractivity contribution in [1.29, 1.82) is 0 Å². The summed E-state index contributed by atoms with van der Waals surface area (Å²) in [5.41, 5.74) is 0.732. The monoisotopic (exact) mass is 276 g/mol. The molecule has 0 bridgehead atoms. The zero-order chi connectivity index (χ0) is 14.0. The molecule has 2 rings (SSSR count). The number of hydrogen-bond donors (Lipinski definition) is 0. The number of thiazole rings is 1. The maximum Gasteiger partial charge on any atom is 0.253 e. The summed E-state index contributed by atoms with van der Waals surface area (Å²) in [6, 6.07) is 8.20. The normalized spacial score (nSPS) is 13.2. The zero-order valence-electron chi connectivity index (χ0n) is 11.9. The Bertz CT molecular complexity index is 659. The number of hydrogen-bond acceptors (Lipinski definition) is 2. The first kappa shape index (κ1) is 14.0. The highest BCUT2D eigenvalue weighted by molar-refractivity contribution is 7.16. The highest BCUT2D eigenvalue weighted by Gasteiger charge is 2.21. The quantitative estimate of drug-likeness (QED) is 0.825. The first-order valence-electron chi connectivity index (χ1n) is 6.61. The minimum absolute atomic E-state index is 0.0658. The van der Waals surface area contributed by atoms with E-state index in [1.807, 2.05) is 32.9 Å². The summed E-state index contributed by atoms with van der Waals surface area (Å²) in [5, 5.41) is 0. The van der Waals surface area contributed by atoms with Gasteiger partial charge in [-0.25, -0.2) is 0 Å². The number of aryl methyl sites for hydroxylation is 1. The molecule has 19 heavy (non-hydrogen) atoms. The fourth-order valence-corrected chi connectivity index (χ4v) is 2.85. The van der Waals surface area contributed by atoms with Crippen LogP contribution < -0.4 is 4.80 Å². The molecule has 0 saturated heterocycles. The van der Waals surface area contributed by atoms with Gasteiger partial charge in [-0.05, 0) is 18.6 Å². The van der Waals surface area contributed by atoms with Crippen LogP contribution in [0.2, 0.25) is 0 Å². The molecular formula is C15H20N2OS. The molecule has 0 N–H and O–H groups in total. The first-order valence-corrected chi connectivity index (χ1v) is 7.42. The SMILES string of the molecule is CCCn1c(=NC(=O)C(C)(C)C)sc2ccccc21. The summed E-state index contributed by atoms with van der Waals surface area (Å²) in [4.78, 5) is 17.2. The van der Waals surface area contributed by atoms with Gasteiger partial charge in [0.25, 0.3) is 5.91 Å². The smallest absolute Gasteiger partial charge is 0.253 e. The minimum Gasteiger partial charge on any atom is -0.316 e. The molecule has 3 nitrogen and oxygen atoms in total. The van der Waals surface area contributed by atoms with Gasteiger partial charge in [-0.3, -0.25) is 4.79 Å². The van der Waals surface area contributed by atoms with Crippen LogP contribution in [0.25, 0.3) is 10.2 Å². The lowest BCUT2D eigenvalue weighted by atomic mass is 9.96. The van der Waals surface area contributed by atoms with Crippen molar-refractivity contribution in [2.75, 3.05) is 0 Å². The molecule has 4 heteroatoms. The highest BCUT2D eigenvalue weighted by Crippen LogP contribution is 2.18. The zero-order valence-corrected chi connectivity index (χ0v) is 12.8. The summed E-state index contributed by atoms with van der Waals surface area (Å²) in [7, 11) is 0. The van der Waals surface area contributed by atoms with Crippen molar-refractivity contribution < 1.29 is 4.79 Å². The Morgan fingerprint density at radius 3 is 2.63 bits per heavy atom. The van der Waals surface area contributed by atoms with E-state index in [4.69, 9.17) is 0 Å². The Labute approximate surface area is 117 Å². The Morgan fingerprint density at radius 1 is 1.32 bits per heavy atom. The molecule has 2 aromatic rings. The maximum absolute atomic E-state index is 12.1. The summed E-state index contributed by atoms with van der Waals surface area (Å²) >= 11 is 1.58. The first-order chi connectivity index (χ1) is 8.93. The van der Waals surface area contributed by atoms with Gasteiger partial charge in [0.05, 0.1) is 10.2 Å². The molecule has 0 aliphatic heterocycles. The molecule has 1 aromatic heterocycles. The van der Waals surface area contributed by atoms with Gasteiger partial charge in [-0.2, -0.15) is 4.99 Å². The highest BCUT2D eigenvalue weighted by atomic mass is 32.1. The standard InChI is InChI=1S/C15H20N2OS/c1-5-10-17-11-8-6-7-9-12(11)19-14(17)16-13(18)15(2,3)4/h6-9H,5,10H2,1-4H3. The molecule has 0 unspecified atom stereocenters. The van der Waals surface area contributed by atoms with Gasteiger partial charge in [0, 0.05) is 12.0 Å². The van der Waals surface area contributed by atoms with E-state index < -0.39 is 5.41 Å². The van der Waals surface area contributed by atoms with Crippen molar-refractivity contribution in [3.8, 4) is 0 Å². The Morgan fingerprint density at radius 2 is 2.00 bits per heavy atom. The molecule has 0 radical (unpaired) electrons. The molecule has 0 fully saturated rings. The van der Waals surface area contributed by atoms with E-state index in [0.29, 0.717) is 0 Å². The number of aromatic nitrogens is 1. The largest absolute Gasteiger partial charge is 0.316 e. The van der Waals surface area contributed by atoms with E-state index in [2.05, 4.69) is 28.6 Å². The third-order valence-electron chi connectivity index (χ3n) is 2.87. The van der Waals surface area contributed by atoms with Crippen LogP contribution >= 0.6 is 11.3 Å². The van der Waals surface area contributed by atoms with Crippen LogP contribution in [0, 0.1) is 5.41 Å². The molecule has 0 spiro atoms. The molecule has 1 amide bonds. The molecule has 0 atom stereocenters. The minimum atomic E-state index is -0.430. The van der Waals surface area contributed by atoms with Gasteiger partial charge in [0.1, 0.15) is 0 Å². The molecule has 0 aliphatic rings. The van der Waals surface area contributed by atoms with Crippen molar-refractivity contribution in [2.45, 2.75) is 40.7 Å². The summed E-state index contributed by atoms with van der Waals surface area (Å²) in [5.74, 6) is -0.0658. The number of benzene rings is 1.